The van der Waals surface area contributed by atoms with Crippen molar-refractivity contribution in [1.29, 1.82) is 0 Å². The summed E-state index contributed by atoms with van der Waals surface area (Å²) in [5.74, 6) is 0.637. The molecule has 3 aromatic rings. The summed E-state index contributed by atoms with van der Waals surface area (Å²) in [6.07, 6.45) is -2.91. The van der Waals surface area contributed by atoms with Crippen LogP contribution in [0.2, 0.25) is 0 Å². The molecule has 0 aliphatic carbocycles. The molecule has 3 rings (SSSR count). The van der Waals surface area contributed by atoms with Gasteiger partial charge in [0.1, 0.15) is 0 Å². The number of hydrogen-bond acceptors (Lipinski definition) is 4. The Morgan fingerprint density at radius 2 is 2.08 bits per heavy atom. The van der Waals surface area contributed by atoms with E-state index in [9.17, 15) is 18.0 Å². The standard InChI is InChI=1S/C17H14F3N3O2S/c1-10-14(26-15(22-10)13-6-3-7-25-13)9-21-16(24)23-12-5-2-4-11(8-12)17(18,19)20/h2-8H,9H2,1H3,(H2,21,23,24). The summed E-state index contributed by atoms with van der Waals surface area (Å²) in [6, 6.07) is 7.40. The van der Waals surface area contributed by atoms with E-state index < -0.39 is 17.8 Å². The minimum absolute atomic E-state index is 0.0645. The quantitative estimate of drug-likeness (QED) is 0.664. The molecular formula is C17H14F3N3O2S. The third-order valence-electron chi connectivity index (χ3n) is 3.48. The molecule has 0 saturated carbocycles. The lowest BCUT2D eigenvalue weighted by Crippen LogP contribution is -2.28. The first kappa shape index (κ1) is 18.0. The van der Waals surface area contributed by atoms with Crippen LogP contribution in [-0.2, 0) is 12.7 Å². The van der Waals surface area contributed by atoms with E-state index in [1.807, 2.05) is 6.92 Å². The molecule has 0 radical (unpaired) electrons. The number of carbonyl (C=O) groups is 1. The van der Waals surface area contributed by atoms with Crippen molar-refractivity contribution in [3.8, 4) is 10.8 Å². The number of carbonyl (C=O) groups excluding carboxylic acids is 1. The van der Waals surface area contributed by atoms with Crippen LogP contribution in [0.4, 0.5) is 23.7 Å². The van der Waals surface area contributed by atoms with Gasteiger partial charge in [-0.05, 0) is 37.3 Å². The Morgan fingerprint density at radius 3 is 2.77 bits per heavy atom. The van der Waals surface area contributed by atoms with E-state index in [-0.39, 0.29) is 12.2 Å². The summed E-state index contributed by atoms with van der Waals surface area (Å²) in [6.45, 7) is 2.01. The van der Waals surface area contributed by atoms with Gasteiger partial charge in [0.05, 0.1) is 24.1 Å². The molecule has 5 nitrogen and oxygen atoms in total. The van der Waals surface area contributed by atoms with Gasteiger partial charge in [0.25, 0.3) is 0 Å². The molecule has 0 spiro atoms. The fraction of sp³-hybridized carbons (Fsp3) is 0.176. The Morgan fingerprint density at radius 1 is 1.27 bits per heavy atom. The number of thiazole rings is 1. The topological polar surface area (TPSA) is 67.2 Å². The maximum atomic E-state index is 12.7. The summed E-state index contributed by atoms with van der Waals surface area (Å²) in [7, 11) is 0. The number of nitrogens with zero attached hydrogens (tertiary/aromatic N) is 1. The Labute approximate surface area is 150 Å². The van der Waals surface area contributed by atoms with Crippen molar-refractivity contribution >= 4 is 23.1 Å². The molecule has 0 unspecified atom stereocenters. The van der Waals surface area contributed by atoms with Crippen molar-refractivity contribution in [1.82, 2.24) is 10.3 Å². The highest BCUT2D eigenvalue weighted by Gasteiger charge is 2.30. The van der Waals surface area contributed by atoms with Crippen LogP contribution in [0.1, 0.15) is 16.1 Å². The molecule has 26 heavy (non-hydrogen) atoms. The van der Waals surface area contributed by atoms with Gasteiger partial charge >= 0.3 is 12.2 Å². The second-order valence-electron chi connectivity index (χ2n) is 5.39. The number of hydrogen-bond donors (Lipinski definition) is 2. The summed E-state index contributed by atoms with van der Waals surface area (Å²) in [5.41, 5.74) is -0.00733. The van der Waals surface area contributed by atoms with Crippen LogP contribution < -0.4 is 10.6 Å². The van der Waals surface area contributed by atoms with Crippen molar-refractivity contribution in [2.75, 3.05) is 5.32 Å². The number of urea groups is 1. The van der Waals surface area contributed by atoms with Gasteiger partial charge in [-0.2, -0.15) is 13.2 Å². The predicted octanol–water partition coefficient (Wildman–Crippen LogP) is 5.05. The molecule has 2 amide bonds. The van der Waals surface area contributed by atoms with Gasteiger partial charge in [-0.25, -0.2) is 9.78 Å². The normalized spacial score (nSPS) is 11.4. The summed E-state index contributed by atoms with van der Waals surface area (Å²) in [4.78, 5) is 17.2. The van der Waals surface area contributed by atoms with Crippen LogP contribution >= 0.6 is 11.3 Å². The number of halogens is 3. The lowest BCUT2D eigenvalue weighted by atomic mass is 10.2. The Bertz CT molecular complexity index is 904. The molecule has 2 aromatic heterocycles. The fourth-order valence-electron chi connectivity index (χ4n) is 2.21. The smallest absolute Gasteiger partial charge is 0.416 e. The number of anilines is 1. The van der Waals surface area contributed by atoms with Crippen LogP contribution in [0.15, 0.2) is 47.1 Å². The van der Waals surface area contributed by atoms with E-state index in [1.54, 1.807) is 18.4 Å². The lowest BCUT2D eigenvalue weighted by molar-refractivity contribution is -0.137. The monoisotopic (exact) mass is 381 g/mol. The fourth-order valence-corrected chi connectivity index (χ4v) is 3.18. The number of benzene rings is 1. The zero-order valence-corrected chi connectivity index (χ0v) is 14.4. The summed E-state index contributed by atoms with van der Waals surface area (Å²) >= 11 is 1.38. The highest BCUT2D eigenvalue weighted by atomic mass is 32.1. The Kier molecular flexibility index (Phi) is 4.99. The number of alkyl halides is 3. The maximum Gasteiger partial charge on any atom is 0.416 e. The molecular weight excluding hydrogens is 367 g/mol. The molecule has 9 heteroatoms. The Hall–Kier alpha value is -2.81. The first-order valence-corrected chi connectivity index (χ1v) is 8.37. The first-order chi connectivity index (χ1) is 12.3. The maximum absolute atomic E-state index is 12.7. The molecule has 136 valence electrons. The van der Waals surface area contributed by atoms with Crippen LogP contribution in [0.25, 0.3) is 10.8 Å². The van der Waals surface area contributed by atoms with E-state index >= 15 is 0 Å². The van der Waals surface area contributed by atoms with Gasteiger partial charge < -0.3 is 15.1 Å². The zero-order valence-electron chi connectivity index (χ0n) is 13.6. The molecule has 0 atom stereocenters. The minimum Gasteiger partial charge on any atom is -0.462 e. The third-order valence-corrected chi connectivity index (χ3v) is 4.65. The van der Waals surface area contributed by atoms with Gasteiger partial charge in [-0.1, -0.05) is 6.07 Å². The number of amides is 2. The highest BCUT2D eigenvalue weighted by Crippen LogP contribution is 2.31. The second kappa shape index (κ2) is 7.20. The van der Waals surface area contributed by atoms with Gasteiger partial charge in [-0.15, -0.1) is 11.3 Å². The van der Waals surface area contributed by atoms with Gasteiger partial charge in [-0.3, -0.25) is 0 Å². The first-order valence-electron chi connectivity index (χ1n) is 7.55. The van der Waals surface area contributed by atoms with Gasteiger partial charge in [0.2, 0.25) is 0 Å². The van der Waals surface area contributed by atoms with E-state index in [4.69, 9.17) is 4.42 Å². The van der Waals surface area contributed by atoms with Crippen LogP contribution in [0.5, 0.6) is 0 Å². The van der Waals surface area contributed by atoms with E-state index in [2.05, 4.69) is 15.6 Å². The highest BCUT2D eigenvalue weighted by molar-refractivity contribution is 7.15. The number of nitrogens with one attached hydrogen (secondary N) is 2. The Balaban J connectivity index is 1.61. The van der Waals surface area contributed by atoms with Crippen LogP contribution in [0.3, 0.4) is 0 Å². The van der Waals surface area contributed by atoms with E-state index in [1.165, 1.54) is 23.5 Å². The van der Waals surface area contributed by atoms with E-state index in [0.717, 1.165) is 22.7 Å². The van der Waals surface area contributed by atoms with Crippen molar-refractivity contribution in [2.45, 2.75) is 19.6 Å². The van der Waals surface area contributed by atoms with Crippen molar-refractivity contribution < 1.29 is 22.4 Å². The number of furan rings is 1. The van der Waals surface area contributed by atoms with Gasteiger partial charge in [0.15, 0.2) is 10.8 Å². The SMILES string of the molecule is Cc1nc(-c2ccco2)sc1CNC(=O)Nc1cccc(C(F)(F)F)c1. The predicted molar refractivity (Wildman–Crippen MR) is 91.9 cm³/mol. The molecule has 0 aliphatic heterocycles. The summed E-state index contributed by atoms with van der Waals surface area (Å²) < 4.78 is 43.4. The van der Waals surface area contributed by atoms with Crippen molar-refractivity contribution in [2.24, 2.45) is 0 Å². The second-order valence-corrected chi connectivity index (χ2v) is 6.47. The lowest BCUT2D eigenvalue weighted by Gasteiger charge is -2.10. The average Bonchev–Trinajstić information content (AvgIpc) is 3.22. The molecule has 0 saturated heterocycles. The average molecular weight is 381 g/mol. The minimum atomic E-state index is -4.46. The molecule has 0 fully saturated rings. The molecule has 1 aromatic carbocycles. The molecule has 2 heterocycles. The van der Waals surface area contributed by atoms with E-state index in [0.29, 0.717) is 10.8 Å². The number of aromatic nitrogens is 1. The van der Waals surface area contributed by atoms with Crippen molar-refractivity contribution in [3.05, 3.63) is 58.8 Å². The summed E-state index contributed by atoms with van der Waals surface area (Å²) in [5, 5.41) is 5.70. The number of aryl methyl sites for hydroxylation is 1. The number of rotatable bonds is 4. The van der Waals surface area contributed by atoms with Gasteiger partial charge in [0, 0.05) is 10.6 Å². The van der Waals surface area contributed by atoms with Crippen LogP contribution in [0, 0.1) is 6.92 Å². The molecule has 0 aliphatic rings. The van der Waals surface area contributed by atoms with Crippen LogP contribution in [-0.4, -0.2) is 11.0 Å². The largest absolute Gasteiger partial charge is 0.462 e. The van der Waals surface area contributed by atoms with Crippen molar-refractivity contribution in [3.63, 3.8) is 0 Å². The zero-order chi connectivity index (χ0) is 18.7. The molecule has 2 N–H and O–H groups in total. The third kappa shape index (κ3) is 4.23. The molecule has 0 bridgehead atoms.